The van der Waals surface area contributed by atoms with Crippen LogP contribution in [0.15, 0.2) is 12.7 Å². The van der Waals surface area contributed by atoms with Crippen molar-refractivity contribution in [2.45, 2.75) is 12.8 Å². The smallest absolute Gasteiger partial charge is 0.220 e. The van der Waals surface area contributed by atoms with Crippen LogP contribution in [0.3, 0.4) is 0 Å². The molecule has 1 amide bonds. The molecule has 0 aromatic rings. The van der Waals surface area contributed by atoms with Crippen LogP contribution in [-0.2, 0) is 4.79 Å². The summed E-state index contributed by atoms with van der Waals surface area (Å²) >= 11 is 0. The highest BCUT2D eigenvalue weighted by molar-refractivity contribution is 5.75. The van der Waals surface area contributed by atoms with Crippen molar-refractivity contribution in [1.29, 1.82) is 0 Å². The summed E-state index contributed by atoms with van der Waals surface area (Å²) in [7, 11) is 0. The predicted octanol–water partition coefficient (Wildman–Crippen LogP) is 0.903. The molecular formula is C7H12NO. The van der Waals surface area contributed by atoms with Crippen LogP contribution in [-0.4, -0.2) is 12.5 Å². The molecule has 0 aliphatic heterocycles. The number of carbonyl (C=O) groups excluding carboxylic acids is 1. The second-order valence-corrected chi connectivity index (χ2v) is 1.70. The van der Waals surface area contributed by atoms with Gasteiger partial charge in [0.1, 0.15) is 0 Å². The van der Waals surface area contributed by atoms with Gasteiger partial charge < -0.3 is 5.32 Å². The van der Waals surface area contributed by atoms with Crippen molar-refractivity contribution < 1.29 is 4.79 Å². The lowest BCUT2D eigenvalue weighted by Crippen LogP contribution is -2.22. The highest BCUT2D eigenvalue weighted by Gasteiger charge is 1.93. The fraction of sp³-hybridized carbons (Fsp3) is 0.429. The minimum atomic E-state index is 0.0462. The van der Waals surface area contributed by atoms with Gasteiger partial charge in [-0.3, -0.25) is 4.79 Å². The molecule has 0 aromatic heterocycles. The summed E-state index contributed by atoms with van der Waals surface area (Å²) in [5, 5.41) is 2.64. The average Bonchev–Trinajstić information content (AvgIpc) is 1.85. The van der Waals surface area contributed by atoms with Crippen molar-refractivity contribution >= 4 is 5.91 Å². The normalized spacial score (nSPS) is 8.56. The molecule has 0 rings (SSSR count). The highest BCUT2D eigenvalue weighted by atomic mass is 16.1. The molecule has 0 saturated carbocycles. The van der Waals surface area contributed by atoms with Crippen molar-refractivity contribution in [1.82, 2.24) is 5.32 Å². The van der Waals surface area contributed by atoms with Crippen molar-refractivity contribution in [2.75, 3.05) is 6.54 Å². The van der Waals surface area contributed by atoms with Gasteiger partial charge in [0.25, 0.3) is 0 Å². The number of amides is 1. The fourth-order valence-corrected chi connectivity index (χ4v) is 0.435. The monoisotopic (exact) mass is 126 g/mol. The Morgan fingerprint density at radius 3 is 2.78 bits per heavy atom. The number of carbonyl (C=O) groups is 1. The Morgan fingerprint density at radius 1 is 1.67 bits per heavy atom. The van der Waals surface area contributed by atoms with Crippen molar-refractivity contribution in [3.8, 4) is 0 Å². The van der Waals surface area contributed by atoms with Crippen molar-refractivity contribution in [3.05, 3.63) is 19.6 Å². The van der Waals surface area contributed by atoms with Gasteiger partial charge in [-0.05, 0) is 6.42 Å². The molecule has 0 atom stereocenters. The van der Waals surface area contributed by atoms with Crippen LogP contribution in [0.2, 0.25) is 0 Å². The highest BCUT2D eigenvalue weighted by Crippen LogP contribution is 1.83. The van der Waals surface area contributed by atoms with E-state index in [1.807, 2.05) is 0 Å². The van der Waals surface area contributed by atoms with Gasteiger partial charge in [0, 0.05) is 13.0 Å². The number of hydrogen-bond acceptors (Lipinski definition) is 1. The Kier molecular flexibility index (Phi) is 4.88. The van der Waals surface area contributed by atoms with E-state index in [0.29, 0.717) is 19.4 Å². The van der Waals surface area contributed by atoms with Gasteiger partial charge in [0.2, 0.25) is 5.91 Å². The Hall–Kier alpha value is -0.790. The lowest BCUT2D eigenvalue weighted by atomic mass is 10.3. The van der Waals surface area contributed by atoms with Gasteiger partial charge in [0.15, 0.2) is 0 Å². The summed E-state index contributed by atoms with van der Waals surface area (Å²) in [6.07, 6.45) is 2.82. The molecule has 2 heteroatoms. The Bertz CT molecular complexity index is 99.1. The van der Waals surface area contributed by atoms with Crippen LogP contribution >= 0.6 is 0 Å². The van der Waals surface area contributed by atoms with E-state index in [2.05, 4.69) is 18.8 Å². The Morgan fingerprint density at radius 2 is 2.33 bits per heavy atom. The van der Waals surface area contributed by atoms with Gasteiger partial charge in [-0.25, -0.2) is 0 Å². The third kappa shape index (κ3) is 5.07. The SMILES string of the molecule is [CH2]CCC(=O)NCC=C. The zero-order valence-electron chi connectivity index (χ0n) is 5.52. The quantitative estimate of drug-likeness (QED) is 0.557. The second-order valence-electron chi connectivity index (χ2n) is 1.70. The van der Waals surface area contributed by atoms with E-state index >= 15 is 0 Å². The summed E-state index contributed by atoms with van der Waals surface area (Å²) in [6.45, 7) is 7.56. The predicted molar refractivity (Wildman–Crippen MR) is 37.8 cm³/mol. The minimum Gasteiger partial charge on any atom is -0.353 e. The number of hydrogen-bond donors (Lipinski definition) is 1. The van der Waals surface area contributed by atoms with Crippen LogP contribution in [0, 0.1) is 6.92 Å². The molecule has 0 aromatic carbocycles. The summed E-state index contributed by atoms with van der Waals surface area (Å²) in [6, 6.07) is 0. The van der Waals surface area contributed by atoms with E-state index in [-0.39, 0.29) is 5.91 Å². The Labute approximate surface area is 56.0 Å². The number of rotatable bonds is 4. The molecule has 0 spiro atoms. The first-order chi connectivity index (χ1) is 4.31. The molecule has 0 unspecified atom stereocenters. The van der Waals surface area contributed by atoms with Gasteiger partial charge >= 0.3 is 0 Å². The van der Waals surface area contributed by atoms with Crippen LogP contribution in [0.25, 0.3) is 0 Å². The first-order valence-electron chi connectivity index (χ1n) is 2.98. The van der Waals surface area contributed by atoms with E-state index in [0.717, 1.165) is 0 Å². The fourth-order valence-electron chi connectivity index (χ4n) is 0.435. The molecular weight excluding hydrogens is 114 g/mol. The lowest BCUT2D eigenvalue weighted by molar-refractivity contribution is -0.120. The van der Waals surface area contributed by atoms with Gasteiger partial charge in [-0.15, -0.1) is 6.58 Å². The molecule has 0 saturated heterocycles. The summed E-state index contributed by atoms with van der Waals surface area (Å²) < 4.78 is 0. The molecule has 0 bridgehead atoms. The van der Waals surface area contributed by atoms with E-state index in [4.69, 9.17) is 0 Å². The third-order valence-electron chi connectivity index (χ3n) is 0.847. The van der Waals surface area contributed by atoms with Gasteiger partial charge in [-0.1, -0.05) is 13.0 Å². The zero-order valence-corrected chi connectivity index (χ0v) is 5.52. The zero-order chi connectivity index (χ0) is 7.11. The molecule has 2 nitrogen and oxygen atoms in total. The van der Waals surface area contributed by atoms with Crippen LogP contribution in [0.4, 0.5) is 0 Å². The van der Waals surface area contributed by atoms with Crippen LogP contribution < -0.4 is 5.32 Å². The molecule has 1 radical (unpaired) electrons. The largest absolute Gasteiger partial charge is 0.353 e. The topological polar surface area (TPSA) is 29.1 Å². The van der Waals surface area contributed by atoms with E-state index in [9.17, 15) is 4.79 Å². The summed E-state index contributed by atoms with van der Waals surface area (Å²) in [5.74, 6) is 0.0462. The molecule has 9 heavy (non-hydrogen) atoms. The van der Waals surface area contributed by atoms with Gasteiger partial charge in [0.05, 0.1) is 0 Å². The Balaban J connectivity index is 3.16. The maximum absolute atomic E-state index is 10.6. The van der Waals surface area contributed by atoms with E-state index in [1.165, 1.54) is 0 Å². The lowest BCUT2D eigenvalue weighted by Gasteiger charge is -1.97. The first-order valence-corrected chi connectivity index (χ1v) is 2.98. The molecule has 0 aliphatic rings. The first kappa shape index (κ1) is 8.21. The van der Waals surface area contributed by atoms with Crippen molar-refractivity contribution in [3.63, 3.8) is 0 Å². The molecule has 51 valence electrons. The standard InChI is InChI=1S/C7H12NO/c1-3-5-7(9)8-6-4-2/h4H,1-3,5-6H2,(H,8,9). The maximum Gasteiger partial charge on any atom is 0.220 e. The number of nitrogens with one attached hydrogen (secondary N) is 1. The second kappa shape index (κ2) is 5.35. The average molecular weight is 126 g/mol. The molecule has 0 aliphatic carbocycles. The molecule has 0 heterocycles. The van der Waals surface area contributed by atoms with E-state index in [1.54, 1.807) is 6.08 Å². The summed E-state index contributed by atoms with van der Waals surface area (Å²) in [4.78, 5) is 10.6. The van der Waals surface area contributed by atoms with E-state index < -0.39 is 0 Å². The van der Waals surface area contributed by atoms with Crippen LogP contribution in [0.1, 0.15) is 12.8 Å². The van der Waals surface area contributed by atoms with Crippen LogP contribution in [0.5, 0.6) is 0 Å². The summed E-state index contributed by atoms with van der Waals surface area (Å²) in [5.41, 5.74) is 0. The minimum absolute atomic E-state index is 0.0462. The maximum atomic E-state index is 10.6. The van der Waals surface area contributed by atoms with Crippen molar-refractivity contribution in [2.24, 2.45) is 0 Å². The van der Waals surface area contributed by atoms with Gasteiger partial charge in [-0.2, -0.15) is 0 Å². The molecule has 1 N–H and O–H groups in total. The molecule has 0 fully saturated rings. The third-order valence-corrected chi connectivity index (χ3v) is 0.847.